The third kappa shape index (κ3) is 5.72. The molecule has 0 fully saturated rings. The average Bonchev–Trinajstić information content (AvgIpc) is 2.35. The van der Waals surface area contributed by atoms with Gasteiger partial charge in [0.15, 0.2) is 0 Å². The van der Waals surface area contributed by atoms with Crippen LogP contribution in [0, 0.1) is 0 Å². The Kier molecular flexibility index (Phi) is 6.97. The molecule has 0 radical (unpaired) electrons. The molecule has 2 nitrogen and oxygen atoms in total. The van der Waals surface area contributed by atoms with Gasteiger partial charge in [-0.25, -0.2) is 13.2 Å². The van der Waals surface area contributed by atoms with Crippen molar-refractivity contribution >= 4 is 0 Å². The van der Waals surface area contributed by atoms with E-state index in [0.717, 1.165) is 0 Å². The molecular weight excluding hydrogens is 406 g/mol. The molecule has 0 aliphatic heterocycles. The van der Waals surface area contributed by atoms with E-state index in [4.69, 9.17) is 0 Å². The molecule has 0 rings (SSSR count). The van der Waals surface area contributed by atoms with Gasteiger partial charge in [-0.2, -0.15) is 48.3 Å². The fraction of sp³-hybridized carbons (Fsp3) is 1.00. The lowest BCUT2D eigenvalue weighted by Gasteiger charge is -2.30. The molecule has 0 aromatic heterocycles. The van der Waals surface area contributed by atoms with Crippen LogP contribution in [0.25, 0.3) is 0 Å². The minimum atomic E-state index is -7.08. The Hall–Kier alpha value is -1.06. The summed E-state index contributed by atoms with van der Waals surface area (Å²) in [6, 6.07) is 0. The van der Waals surface area contributed by atoms with Gasteiger partial charge in [0.2, 0.25) is 0 Å². The van der Waals surface area contributed by atoms with Gasteiger partial charge in [0.1, 0.15) is 13.2 Å². The van der Waals surface area contributed by atoms with Gasteiger partial charge < -0.3 is 4.74 Å². The topological polar surface area (TPSA) is 18.5 Å². The van der Waals surface area contributed by atoms with Gasteiger partial charge in [-0.1, -0.05) is 0 Å². The molecule has 0 N–H and O–H groups in total. The Morgan fingerprint density at radius 3 is 1.40 bits per heavy atom. The molecule has 0 saturated heterocycles. The van der Waals surface area contributed by atoms with Crippen molar-refractivity contribution in [3.63, 3.8) is 0 Å². The Balaban J connectivity index is 4.95. The summed E-state index contributed by atoms with van der Waals surface area (Å²) in [6.45, 7) is -5.12. The van der Waals surface area contributed by atoms with Gasteiger partial charge in [0.25, 0.3) is 6.36 Å². The van der Waals surface area contributed by atoms with E-state index < -0.39 is 56.0 Å². The van der Waals surface area contributed by atoms with E-state index in [1.165, 1.54) is 0 Å². The number of hydrogen-bond acceptors (Lipinski definition) is 2. The van der Waals surface area contributed by atoms with Crippen molar-refractivity contribution in [1.29, 1.82) is 0 Å². The first-order valence-electron chi connectivity index (χ1n) is 5.54. The molecule has 0 spiro atoms. The van der Waals surface area contributed by atoms with E-state index >= 15 is 0 Å². The molecule has 0 amide bonds. The predicted octanol–water partition coefficient (Wildman–Crippen LogP) is 4.64. The summed E-state index contributed by atoms with van der Waals surface area (Å²) in [5.41, 5.74) is 0. The van der Waals surface area contributed by atoms with E-state index in [2.05, 4.69) is 9.47 Å². The van der Waals surface area contributed by atoms with Crippen molar-refractivity contribution in [3.05, 3.63) is 0 Å². The van der Waals surface area contributed by atoms with Gasteiger partial charge in [-0.3, -0.25) is 4.74 Å². The summed E-state index contributed by atoms with van der Waals surface area (Å²) in [6.07, 6.45) is -23.1. The molecule has 0 saturated carbocycles. The van der Waals surface area contributed by atoms with Crippen LogP contribution in [0.4, 0.5) is 61.5 Å². The summed E-state index contributed by atoms with van der Waals surface area (Å²) in [7, 11) is 0. The van der Waals surface area contributed by atoms with E-state index in [0.29, 0.717) is 0 Å². The Morgan fingerprint density at radius 1 is 0.640 bits per heavy atom. The molecular formula is C9H6F14O2. The minimum Gasteiger partial charge on any atom is -0.368 e. The molecule has 25 heavy (non-hydrogen) atoms. The maximum atomic E-state index is 12.9. The van der Waals surface area contributed by atoms with Crippen LogP contribution >= 0.6 is 0 Å². The molecule has 0 aliphatic carbocycles. The van der Waals surface area contributed by atoms with Crippen LogP contribution in [0.15, 0.2) is 0 Å². The lowest BCUT2D eigenvalue weighted by molar-refractivity contribution is -0.451. The summed E-state index contributed by atoms with van der Waals surface area (Å²) in [5, 5.41) is 0. The molecule has 0 aliphatic rings. The largest absolute Gasteiger partial charge is 0.462 e. The molecule has 0 aromatic carbocycles. The van der Waals surface area contributed by atoms with Gasteiger partial charge >= 0.3 is 36.5 Å². The average molecular weight is 412 g/mol. The van der Waals surface area contributed by atoms with Gasteiger partial charge in [-0.15, -0.1) is 0 Å². The molecule has 0 aromatic rings. The van der Waals surface area contributed by atoms with Gasteiger partial charge in [0.05, 0.1) is 0 Å². The molecule has 16 heteroatoms. The van der Waals surface area contributed by atoms with Gasteiger partial charge in [0, 0.05) is 0 Å². The van der Waals surface area contributed by atoms with E-state index in [1.807, 2.05) is 0 Å². The zero-order chi connectivity index (χ0) is 20.5. The Bertz CT molecular complexity index is 431. The smallest absolute Gasteiger partial charge is 0.368 e. The lowest BCUT2D eigenvalue weighted by atomic mass is 10.3. The fourth-order valence-electron chi connectivity index (χ4n) is 0.907. The number of rotatable bonds is 9. The highest BCUT2D eigenvalue weighted by atomic mass is 19.4. The van der Waals surface area contributed by atoms with Crippen molar-refractivity contribution in [2.45, 2.75) is 42.8 Å². The predicted molar refractivity (Wildman–Crippen MR) is 48.6 cm³/mol. The standard InChI is InChI=1S/C9H6F14O2/c10-3(11)5(13,14)1-24-2-6(15,16)4(12)25-9(22,23)7(17,18)8(19,20)21/h3-4H,1-2H2. The monoisotopic (exact) mass is 412 g/mol. The zero-order valence-corrected chi connectivity index (χ0v) is 11.2. The lowest BCUT2D eigenvalue weighted by Crippen LogP contribution is -2.56. The number of halogens is 14. The van der Waals surface area contributed by atoms with Crippen LogP contribution in [0.5, 0.6) is 0 Å². The summed E-state index contributed by atoms with van der Waals surface area (Å²) in [5.74, 6) is -17.5. The van der Waals surface area contributed by atoms with E-state index in [-0.39, 0.29) is 0 Å². The van der Waals surface area contributed by atoms with Crippen molar-refractivity contribution in [1.82, 2.24) is 0 Å². The van der Waals surface area contributed by atoms with Crippen LogP contribution in [-0.4, -0.2) is 56.0 Å². The van der Waals surface area contributed by atoms with Gasteiger partial charge in [-0.05, 0) is 0 Å². The van der Waals surface area contributed by atoms with E-state index in [1.54, 1.807) is 0 Å². The Labute approximate surface area is 128 Å². The third-order valence-corrected chi connectivity index (χ3v) is 2.21. The van der Waals surface area contributed by atoms with Crippen molar-refractivity contribution in [2.75, 3.05) is 13.2 Å². The number of alkyl halides is 14. The van der Waals surface area contributed by atoms with Crippen LogP contribution in [0.2, 0.25) is 0 Å². The summed E-state index contributed by atoms with van der Waals surface area (Å²) >= 11 is 0. The van der Waals surface area contributed by atoms with Crippen LogP contribution in [0.1, 0.15) is 0 Å². The molecule has 1 atom stereocenters. The fourth-order valence-corrected chi connectivity index (χ4v) is 0.907. The Morgan fingerprint density at radius 2 is 1.04 bits per heavy atom. The first-order chi connectivity index (χ1) is 10.8. The maximum Gasteiger partial charge on any atom is 0.462 e. The van der Waals surface area contributed by atoms with Crippen molar-refractivity contribution < 1.29 is 70.9 Å². The van der Waals surface area contributed by atoms with E-state index in [9.17, 15) is 61.5 Å². The second-order valence-corrected chi connectivity index (χ2v) is 4.34. The number of hydrogen-bond donors (Lipinski definition) is 0. The third-order valence-electron chi connectivity index (χ3n) is 2.21. The number of ether oxygens (including phenoxy) is 2. The summed E-state index contributed by atoms with van der Waals surface area (Å²) < 4.78 is 177. The van der Waals surface area contributed by atoms with Crippen LogP contribution in [-0.2, 0) is 9.47 Å². The normalized spacial score (nSPS) is 16.4. The zero-order valence-electron chi connectivity index (χ0n) is 11.2. The highest BCUT2D eigenvalue weighted by molar-refractivity contribution is 4.86. The summed E-state index contributed by atoms with van der Waals surface area (Å²) in [4.78, 5) is 0. The van der Waals surface area contributed by atoms with Crippen molar-refractivity contribution in [2.24, 2.45) is 0 Å². The second-order valence-electron chi connectivity index (χ2n) is 4.34. The van der Waals surface area contributed by atoms with Crippen molar-refractivity contribution in [3.8, 4) is 0 Å². The first kappa shape index (κ1) is 23.9. The minimum absolute atomic E-state index is 2.09. The highest BCUT2D eigenvalue weighted by Crippen LogP contribution is 2.48. The molecule has 0 heterocycles. The molecule has 0 bridgehead atoms. The van der Waals surface area contributed by atoms with Crippen LogP contribution < -0.4 is 0 Å². The maximum absolute atomic E-state index is 12.9. The molecule has 1 unspecified atom stereocenters. The SMILES string of the molecule is FC(F)C(F)(F)COCC(F)(F)C(F)OC(F)(F)C(F)(F)C(F)(F)F. The highest BCUT2D eigenvalue weighted by Gasteiger charge is 2.75. The van der Waals surface area contributed by atoms with Crippen LogP contribution in [0.3, 0.4) is 0 Å². The quantitative estimate of drug-likeness (QED) is 0.514. The second kappa shape index (κ2) is 7.28. The molecule has 152 valence electrons. The first-order valence-corrected chi connectivity index (χ1v) is 5.54.